The van der Waals surface area contributed by atoms with Gasteiger partial charge in [0.25, 0.3) is 0 Å². The van der Waals surface area contributed by atoms with Gasteiger partial charge in [-0.05, 0) is 52.6 Å². The molecule has 0 radical (unpaired) electrons. The minimum absolute atomic E-state index is 0.0244. The van der Waals surface area contributed by atoms with E-state index in [1.165, 1.54) is 7.11 Å². The molecule has 11 nitrogen and oxygen atoms in total. The van der Waals surface area contributed by atoms with E-state index in [1.54, 1.807) is 32.1 Å². The highest BCUT2D eigenvalue weighted by Crippen LogP contribution is 2.33. The molecule has 0 aromatic rings. The highest BCUT2D eigenvalue weighted by molar-refractivity contribution is 5.72. The van der Waals surface area contributed by atoms with Crippen molar-refractivity contribution in [3.63, 3.8) is 0 Å². The van der Waals surface area contributed by atoms with Crippen LogP contribution in [0.5, 0.6) is 0 Å². The number of cyclic esters (lactones) is 1. The number of rotatable bonds is 8. The van der Waals surface area contributed by atoms with Crippen LogP contribution in [0.25, 0.3) is 0 Å². The van der Waals surface area contributed by atoms with Gasteiger partial charge in [-0.15, -0.1) is 0 Å². The first-order valence-electron chi connectivity index (χ1n) is 14.9. The highest BCUT2D eigenvalue weighted by Gasteiger charge is 2.45. The second-order valence-corrected chi connectivity index (χ2v) is 11.7. The Morgan fingerprint density at radius 3 is 2.45 bits per heavy atom. The fourth-order valence-electron chi connectivity index (χ4n) is 5.55. The summed E-state index contributed by atoms with van der Waals surface area (Å²) in [7, 11) is 5.13. The number of aliphatic hydroxyl groups excluding tert-OH is 2. The minimum Gasteiger partial charge on any atom is -0.462 e. The van der Waals surface area contributed by atoms with Crippen LogP contribution in [0.1, 0.15) is 66.2 Å². The molecule has 0 spiro atoms. The van der Waals surface area contributed by atoms with Crippen molar-refractivity contribution in [3.8, 4) is 0 Å². The van der Waals surface area contributed by atoms with Crippen LogP contribution in [-0.2, 0) is 38.1 Å². The Hall–Kier alpha value is -2.15. The molecule has 11 atom stereocenters. The van der Waals surface area contributed by atoms with E-state index >= 15 is 0 Å². The normalized spacial score (nSPS) is 38.8. The Bertz CT molecular complexity index is 908. The van der Waals surface area contributed by atoms with Crippen molar-refractivity contribution in [1.29, 1.82) is 0 Å². The van der Waals surface area contributed by atoms with Gasteiger partial charge in [0.05, 0.1) is 24.7 Å². The number of ether oxygens (including phenoxy) is 5. The average Bonchev–Trinajstić information content (AvgIpc) is 2.92. The molecule has 1 saturated heterocycles. The zero-order chi connectivity index (χ0) is 31.4. The van der Waals surface area contributed by atoms with Crippen LogP contribution < -0.4 is 0 Å². The van der Waals surface area contributed by atoms with Crippen molar-refractivity contribution in [2.75, 3.05) is 21.2 Å². The molecule has 11 heteroatoms. The van der Waals surface area contributed by atoms with Gasteiger partial charge in [-0.3, -0.25) is 9.59 Å². The van der Waals surface area contributed by atoms with Gasteiger partial charge in [0.1, 0.15) is 30.7 Å². The summed E-state index contributed by atoms with van der Waals surface area (Å²) >= 11 is 0. The molecule has 2 aliphatic heterocycles. The van der Waals surface area contributed by atoms with E-state index in [1.807, 2.05) is 38.9 Å². The first-order valence-corrected chi connectivity index (χ1v) is 14.9. The van der Waals surface area contributed by atoms with Crippen LogP contribution in [0.3, 0.4) is 0 Å². The number of nitrogens with zero attached hydrogens (tertiary/aromatic N) is 1. The summed E-state index contributed by atoms with van der Waals surface area (Å²) in [5.41, 5.74) is 0. The summed E-state index contributed by atoms with van der Waals surface area (Å²) in [6, 6.07) is -0.264. The van der Waals surface area contributed by atoms with E-state index in [0.717, 1.165) is 6.29 Å². The van der Waals surface area contributed by atoms with Crippen LogP contribution in [0.4, 0.5) is 0 Å². The maximum atomic E-state index is 13.0. The zero-order valence-corrected chi connectivity index (χ0v) is 26.1. The highest BCUT2D eigenvalue weighted by atomic mass is 16.7. The van der Waals surface area contributed by atoms with Crippen LogP contribution in [0.2, 0.25) is 0 Å². The average molecular weight is 598 g/mol. The van der Waals surface area contributed by atoms with Crippen molar-refractivity contribution in [2.24, 2.45) is 11.8 Å². The second-order valence-electron chi connectivity index (χ2n) is 11.7. The van der Waals surface area contributed by atoms with Gasteiger partial charge in [-0.2, -0.15) is 0 Å². The fraction of sp³-hybridized carbons (Fsp3) is 0.774. The number of carbonyl (C=O) groups excluding carboxylic acids is 3. The number of esters is 2. The topological polar surface area (TPSA) is 141 Å². The predicted octanol–water partition coefficient (Wildman–Crippen LogP) is 2.56. The zero-order valence-electron chi connectivity index (χ0n) is 26.1. The largest absolute Gasteiger partial charge is 0.462 e. The summed E-state index contributed by atoms with van der Waals surface area (Å²) in [6.45, 7) is 7.14. The third-order valence-electron chi connectivity index (χ3n) is 7.95. The van der Waals surface area contributed by atoms with Gasteiger partial charge in [0, 0.05) is 32.4 Å². The Labute approximate surface area is 250 Å². The summed E-state index contributed by atoms with van der Waals surface area (Å²) in [4.78, 5) is 39.4. The number of aliphatic hydroxyl groups is 2. The monoisotopic (exact) mass is 597 g/mol. The maximum absolute atomic E-state index is 13.0. The van der Waals surface area contributed by atoms with Crippen molar-refractivity contribution >= 4 is 18.2 Å². The van der Waals surface area contributed by atoms with Gasteiger partial charge in [-0.25, -0.2) is 0 Å². The van der Waals surface area contributed by atoms with E-state index in [9.17, 15) is 24.6 Å². The number of likely N-dealkylation sites (N-methyl/N-ethyl adjacent to an activating group) is 1. The minimum atomic E-state index is -1.12. The maximum Gasteiger partial charge on any atom is 0.309 e. The molecule has 0 aromatic heterocycles. The van der Waals surface area contributed by atoms with E-state index in [0.29, 0.717) is 19.3 Å². The molecule has 0 aliphatic carbocycles. The molecule has 2 N–H and O–H groups in total. The Balaban J connectivity index is 2.60. The molecule has 1 fully saturated rings. The van der Waals surface area contributed by atoms with E-state index in [4.69, 9.17) is 23.7 Å². The molecular formula is C31H51NO10. The Morgan fingerprint density at radius 1 is 1.12 bits per heavy atom. The molecule has 2 heterocycles. The summed E-state index contributed by atoms with van der Waals surface area (Å²) in [5.74, 6) is -1.99. The number of hydrogen-bond acceptors (Lipinski definition) is 11. The standard InChI is InChI=1S/C31H51NO10/c1-8-26(35)41-25-18-27(36)39-20(3)12-10-9-11-13-24(34)19(2)16-22(14-15-33)29(30(25)38-7)42-31-28(37)23(32(5)6)17-21(4)40-31/h9-11,13,15,19-25,28-31,34,37H,8,12,14,16-18H2,1-7H3/b10-9+,13-11+/t19-,20-,21?,22+,23?,24+,25-,28?,29?,30+,31?/m1/s1. The molecule has 42 heavy (non-hydrogen) atoms. The SMILES string of the molecule is CCC(=O)O[C@@H]1CC(=O)O[C@H](C)C/C=C/C=C/[C@H](O)[C@H](C)C[C@H](CC=O)C(OC2OC(C)CC(N(C)C)C2O)[C@H]1OC. The third kappa shape index (κ3) is 10.8. The molecule has 240 valence electrons. The lowest BCUT2D eigenvalue weighted by molar-refractivity contribution is -0.291. The van der Waals surface area contributed by atoms with E-state index < -0.39 is 60.8 Å². The van der Waals surface area contributed by atoms with E-state index in [-0.39, 0.29) is 37.3 Å². The van der Waals surface area contributed by atoms with Gasteiger partial charge < -0.3 is 43.6 Å². The summed E-state index contributed by atoms with van der Waals surface area (Å²) in [5, 5.41) is 22.1. The lowest BCUT2D eigenvalue weighted by Crippen LogP contribution is -2.57. The van der Waals surface area contributed by atoms with Crippen molar-refractivity contribution in [1.82, 2.24) is 4.90 Å². The quantitative estimate of drug-likeness (QED) is 0.315. The predicted molar refractivity (Wildman–Crippen MR) is 155 cm³/mol. The van der Waals surface area contributed by atoms with Crippen molar-refractivity contribution in [2.45, 2.75) is 121 Å². The number of carbonyl (C=O) groups is 3. The Morgan fingerprint density at radius 2 is 1.83 bits per heavy atom. The van der Waals surface area contributed by atoms with Crippen molar-refractivity contribution in [3.05, 3.63) is 24.3 Å². The fourth-order valence-corrected chi connectivity index (χ4v) is 5.55. The molecule has 2 aliphatic rings. The smallest absolute Gasteiger partial charge is 0.309 e. The number of allylic oxidation sites excluding steroid dienone is 2. The van der Waals surface area contributed by atoms with Gasteiger partial charge in [0.15, 0.2) is 6.29 Å². The van der Waals surface area contributed by atoms with Gasteiger partial charge >= 0.3 is 11.9 Å². The van der Waals surface area contributed by atoms with Gasteiger partial charge in [0.2, 0.25) is 0 Å². The van der Waals surface area contributed by atoms with E-state index in [2.05, 4.69) is 0 Å². The second kappa shape index (κ2) is 17.8. The molecule has 2 rings (SSSR count). The first kappa shape index (κ1) is 36.0. The number of methoxy groups -OCH3 is 1. The first-order chi connectivity index (χ1) is 19.9. The lowest BCUT2D eigenvalue weighted by atomic mass is 9.82. The van der Waals surface area contributed by atoms with Crippen LogP contribution in [0, 0.1) is 11.8 Å². The van der Waals surface area contributed by atoms with Crippen LogP contribution in [-0.4, -0.2) is 110 Å². The van der Waals surface area contributed by atoms with Crippen molar-refractivity contribution < 1.29 is 48.3 Å². The number of hydrogen-bond donors (Lipinski definition) is 2. The third-order valence-corrected chi connectivity index (χ3v) is 7.95. The molecule has 0 aromatic carbocycles. The Kier molecular flexibility index (Phi) is 15.3. The molecule has 0 amide bonds. The molecule has 0 bridgehead atoms. The summed E-state index contributed by atoms with van der Waals surface area (Å²) < 4.78 is 29.8. The molecule has 0 saturated carbocycles. The molecular weight excluding hydrogens is 546 g/mol. The lowest BCUT2D eigenvalue weighted by Gasteiger charge is -2.45. The van der Waals surface area contributed by atoms with Crippen LogP contribution in [0.15, 0.2) is 24.3 Å². The number of aldehydes is 1. The molecule has 5 unspecified atom stereocenters. The van der Waals surface area contributed by atoms with Crippen LogP contribution >= 0.6 is 0 Å². The summed E-state index contributed by atoms with van der Waals surface area (Å²) in [6.07, 6.45) is 2.12. The van der Waals surface area contributed by atoms with Gasteiger partial charge in [-0.1, -0.05) is 38.2 Å².